The average Bonchev–Trinajstić information content (AvgIpc) is 1.84. The van der Waals surface area contributed by atoms with E-state index in [1.165, 1.54) is 12.1 Å². The number of nitrogens with zero attached hydrogens (tertiary/aromatic N) is 2. The van der Waals surface area contributed by atoms with E-state index in [4.69, 9.17) is 10.5 Å². The molecule has 0 heterocycles. The first kappa shape index (κ1) is 9.83. The zero-order valence-corrected chi connectivity index (χ0v) is 5.81. The second-order valence-corrected chi connectivity index (χ2v) is 2.47. The first-order chi connectivity index (χ1) is 4.83. The van der Waals surface area contributed by atoms with Crippen molar-refractivity contribution in [2.24, 2.45) is 5.41 Å². The van der Waals surface area contributed by atoms with E-state index in [0.717, 1.165) is 6.92 Å². The zero-order valence-electron chi connectivity index (χ0n) is 5.81. The molecule has 0 bridgehead atoms. The normalized spacial score (nSPS) is 11.8. The van der Waals surface area contributed by atoms with Gasteiger partial charge in [0.05, 0.1) is 12.1 Å². The third-order valence-corrected chi connectivity index (χ3v) is 1.13. The highest BCUT2D eigenvalue weighted by molar-refractivity contribution is 6.58. The molecule has 0 atom stereocenters. The summed E-state index contributed by atoms with van der Waals surface area (Å²) in [6, 6.07) is 2.64. The van der Waals surface area contributed by atoms with Crippen molar-refractivity contribution in [2.45, 2.75) is 13.2 Å². The molecule has 0 rings (SSSR count). The summed E-state index contributed by atoms with van der Waals surface area (Å²) >= 11 is 0. The lowest BCUT2D eigenvalue weighted by Gasteiger charge is -2.20. The summed E-state index contributed by atoms with van der Waals surface area (Å²) in [6.07, 6.45) is -1.32. The van der Waals surface area contributed by atoms with Crippen LogP contribution in [-0.2, 0) is 0 Å². The number of rotatable bonds is 2. The molecule has 0 spiro atoms. The fraction of sp³-hybridized carbons (Fsp3) is 0.600. The van der Waals surface area contributed by atoms with Crippen LogP contribution in [0, 0.1) is 28.1 Å². The van der Waals surface area contributed by atoms with E-state index in [0.29, 0.717) is 0 Å². The molecule has 0 saturated carbocycles. The Bertz CT molecular complexity index is 207. The molecule has 0 aliphatic carbocycles. The van der Waals surface area contributed by atoms with Gasteiger partial charge in [-0.3, -0.25) is 0 Å². The molecule has 0 unspecified atom stereocenters. The molecular formula is C5H5BF3N2-. The second-order valence-electron chi connectivity index (χ2n) is 2.47. The molecule has 0 aliphatic rings. The molecule has 6 heteroatoms. The SMILES string of the molecule is CC(C#N)(C#N)C[B-](F)(F)F. The van der Waals surface area contributed by atoms with Crippen LogP contribution in [0.1, 0.15) is 6.92 Å². The van der Waals surface area contributed by atoms with Crippen LogP contribution in [0.3, 0.4) is 0 Å². The topological polar surface area (TPSA) is 47.6 Å². The smallest absolute Gasteiger partial charge is 0.449 e. The van der Waals surface area contributed by atoms with Gasteiger partial charge in [-0.25, -0.2) is 0 Å². The minimum atomic E-state index is -5.05. The van der Waals surface area contributed by atoms with E-state index in [9.17, 15) is 12.9 Å². The highest BCUT2D eigenvalue weighted by Gasteiger charge is 2.35. The maximum absolute atomic E-state index is 11.7. The van der Waals surface area contributed by atoms with Crippen LogP contribution in [0.4, 0.5) is 12.9 Å². The Morgan fingerprint density at radius 3 is 1.73 bits per heavy atom. The molecule has 0 saturated heterocycles. The van der Waals surface area contributed by atoms with Gasteiger partial charge in [-0.2, -0.15) is 10.5 Å². The molecule has 0 aliphatic heterocycles. The first-order valence-electron chi connectivity index (χ1n) is 2.86. The highest BCUT2D eigenvalue weighted by Crippen LogP contribution is 2.29. The molecule has 0 radical (unpaired) electrons. The van der Waals surface area contributed by atoms with Gasteiger partial charge < -0.3 is 12.9 Å². The van der Waals surface area contributed by atoms with Crippen LogP contribution in [0.15, 0.2) is 0 Å². The Morgan fingerprint density at radius 2 is 1.64 bits per heavy atom. The van der Waals surface area contributed by atoms with Crippen molar-refractivity contribution in [3.8, 4) is 12.1 Å². The molecule has 11 heavy (non-hydrogen) atoms. The Labute approximate surface area is 62.3 Å². The number of nitriles is 2. The Balaban J connectivity index is 4.40. The summed E-state index contributed by atoms with van der Waals surface area (Å²) < 4.78 is 35.1. The van der Waals surface area contributed by atoms with Gasteiger partial charge in [0.15, 0.2) is 0 Å². The third-order valence-electron chi connectivity index (χ3n) is 1.13. The lowest BCUT2D eigenvalue weighted by Crippen LogP contribution is -2.25. The van der Waals surface area contributed by atoms with Gasteiger partial charge in [-0.05, 0) is 6.92 Å². The van der Waals surface area contributed by atoms with Gasteiger partial charge in [0.2, 0.25) is 0 Å². The monoisotopic (exact) mass is 161 g/mol. The molecule has 0 fully saturated rings. The summed E-state index contributed by atoms with van der Waals surface area (Å²) in [5.41, 5.74) is -1.92. The lowest BCUT2D eigenvalue weighted by molar-refractivity contribution is 0.435. The number of hydrogen-bond donors (Lipinski definition) is 0. The fourth-order valence-electron chi connectivity index (χ4n) is 0.579. The van der Waals surface area contributed by atoms with Gasteiger partial charge in [-0.1, -0.05) is 6.32 Å². The Hall–Kier alpha value is -1.17. The predicted molar refractivity (Wildman–Crippen MR) is 33.2 cm³/mol. The quantitative estimate of drug-likeness (QED) is 0.580. The summed E-state index contributed by atoms with van der Waals surface area (Å²) in [6.45, 7) is -4.08. The van der Waals surface area contributed by atoms with Gasteiger partial charge in [-0.15, -0.1) is 0 Å². The largest absolute Gasteiger partial charge is 0.480 e. The minimum Gasteiger partial charge on any atom is -0.449 e. The van der Waals surface area contributed by atoms with Gasteiger partial charge in [0.25, 0.3) is 0 Å². The van der Waals surface area contributed by atoms with Crippen molar-refractivity contribution in [1.82, 2.24) is 0 Å². The highest BCUT2D eigenvalue weighted by atomic mass is 19.4. The molecule has 60 valence electrons. The second kappa shape index (κ2) is 2.83. The van der Waals surface area contributed by atoms with Crippen LogP contribution in [0.25, 0.3) is 0 Å². The molecule has 0 amide bonds. The van der Waals surface area contributed by atoms with Crippen molar-refractivity contribution in [2.75, 3.05) is 0 Å². The van der Waals surface area contributed by atoms with Crippen LogP contribution in [0.5, 0.6) is 0 Å². The summed E-state index contributed by atoms with van der Waals surface area (Å²) in [4.78, 5) is 0. The van der Waals surface area contributed by atoms with E-state index < -0.39 is 18.7 Å². The van der Waals surface area contributed by atoms with Crippen molar-refractivity contribution >= 4 is 6.98 Å². The van der Waals surface area contributed by atoms with Crippen molar-refractivity contribution in [1.29, 1.82) is 10.5 Å². The number of hydrogen-bond acceptors (Lipinski definition) is 2. The summed E-state index contributed by atoms with van der Waals surface area (Å²) in [7, 11) is 0. The van der Waals surface area contributed by atoms with Crippen molar-refractivity contribution < 1.29 is 12.9 Å². The minimum absolute atomic E-state index is 0.974. The molecule has 0 aromatic carbocycles. The molecule has 0 N–H and O–H groups in total. The van der Waals surface area contributed by atoms with E-state index in [2.05, 4.69) is 0 Å². The van der Waals surface area contributed by atoms with Crippen molar-refractivity contribution in [3.05, 3.63) is 0 Å². The molecule has 0 aromatic rings. The number of halogens is 3. The summed E-state index contributed by atoms with van der Waals surface area (Å²) in [5, 5.41) is 16.4. The van der Waals surface area contributed by atoms with E-state index in [1.807, 2.05) is 0 Å². The maximum atomic E-state index is 11.7. The zero-order chi connectivity index (χ0) is 9.12. The van der Waals surface area contributed by atoms with Crippen LogP contribution in [-0.4, -0.2) is 6.98 Å². The van der Waals surface area contributed by atoms with Gasteiger partial charge >= 0.3 is 6.98 Å². The predicted octanol–water partition coefficient (Wildman–Crippen LogP) is 1.89. The molecule has 2 nitrogen and oxygen atoms in total. The van der Waals surface area contributed by atoms with Gasteiger partial charge in [0, 0.05) is 0 Å². The molecule has 0 aromatic heterocycles. The molecular weight excluding hydrogens is 156 g/mol. The van der Waals surface area contributed by atoms with Gasteiger partial charge in [0.1, 0.15) is 5.41 Å². The van der Waals surface area contributed by atoms with Crippen LogP contribution >= 0.6 is 0 Å². The van der Waals surface area contributed by atoms with Crippen molar-refractivity contribution in [3.63, 3.8) is 0 Å². The van der Waals surface area contributed by atoms with Crippen LogP contribution < -0.4 is 0 Å². The first-order valence-corrected chi connectivity index (χ1v) is 2.86. The standard InChI is InChI=1S/C5H5BF3N2/c1-5(3-10,4-11)2-6(7,8)9/h2H2,1H3/q-1. The average molecular weight is 161 g/mol. The van der Waals surface area contributed by atoms with E-state index in [1.54, 1.807) is 0 Å². The van der Waals surface area contributed by atoms with E-state index >= 15 is 0 Å². The Morgan fingerprint density at radius 1 is 1.27 bits per heavy atom. The third kappa shape index (κ3) is 3.52. The lowest BCUT2D eigenvalue weighted by atomic mass is 9.71. The fourth-order valence-corrected chi connectivity index (χ4v) is 0.579. The van der Waals surface area contributed by atoms with Crippen LogP contribution in [0.2, 0.25) is 6.32 Å². The summed E-state index contributed by atoms with van der Waals surface area (Å²) in [5.74, 6) is 0. The Kier molecular flexibility index (Phi) is 2.53. The maximum Gasteiger partial charge on any atom is 0.480 e. The van der Waals surface area contributed by atoms with E-state index in [-0.39, 0.29) is 0 Å².